The zero-order chi connectivity index (χ0) is 19.8. The highest BCUT2D eigenvalue weighted by molar-refractivity contribution is 5.91. The minimum absolute atomic E-state index is 0.0725. The van der Waals surface area contributed by atoms with Gasteiger partial charge in [0.05, 0.1) is 18.5 Å². The lowest BCUT2D eigenvalue weighted by molar-refractivity contribution is -0.118. The summed E-state index contributed by atoms with van der Waals surface area (Å²) < 4.78 is 10.9. The summed E-state index contributed by atoms with van der Waals surface area (Å²) in [4.78, 5) is 16.3. The number of carbonyl (C=O) groups is 1. The van der Waals surface area contributed by atoms with Crippen molar-refractivity contribution in [3.63, 3.8) is 0 Å². The van der Waals surface area contributed by atoms with Crippen LogP contribution in [-0.4, -0.2) is 24.1 Å². The number of ether oxygens (including phenoxy) is 2. The van der Waals surface area contributed by atoms with Gasteiger partial charge in [-0.05, 0) is 62.4 Å². The van der Waals surface area contributed by atoms with Crippen LogP contribution in [0.2, 0.25) is 0 Å². The van der Waals surface area contributed by atoms with Crippen LogP contribution in [-0.2, 0) is 4.79 Å². The average molecular weight is 377 g/mol. The normalized spacial score (nSPS) is 10.2. The molecule has 1 heterocycles. The van der Waals surface area contributed by atoms with Gasteiger partial charge in [0.15, 0.2) is 6.61 Å². The molecule has 0 aliphatic heterocycles. The van der Waals surface area contributed by atoms with E-state index < -0.39 is 0 Å². The molecule has 0 atom stereocenters. The van der Waals surface area contributed by atoms with Crippen LogP contribution in [0.15, 0.2) is 66.9 Å². The Bertz CT molecular complexity index is 892. The van der Waals surface area contributed by atoms with E-state index in [1.54, 1.807) is 12.3 Å². The second-order valence-corrected chi connectivity index (χ2v) is 6.16. The van der Waals surface area contributed by atoms with Gasteiger partial charge in [0.25, 0.3) is 5.91 Å². The molecule has 0 aliphatic carbocycles. The molecule has 0 fully saturated rings. The van der Waals surface area contributed by atoms with Crippen LogP contribution in [0.3, 0.4) is 0 Å². The summed E-state index contributed by atoms with van der Waals surface area (Å²) in [5.74, 6) is 1.69. The Morgan fingerprint density at radius 2 is 1.54 bits per heavy atom. The van der Waals surface area contributed by atoms with E-state index in [2.05, 4.69) is 15.6 Å². The Morgan fingerprint density at radius 3 is 2.18 bits per heavy atom. The molecule has 6 nitrogen and oxygen atoms in total. The maximum atomic E-state index is 12.0. The summed E-state index contributed by atoms with van der Waals surface area (Å²) >= 11 is 0. The van der Waals surface area contributed by atoms with Crippen LogP contribution >= 0.6 is 0 Å². The standard InChI is InChI=1S/C22H23N3O3/c1-3-27-19-11-6-17(7-12-19)24-18-8-13-21(23-14-18)25-22(26)15-28-20-9-4-16(2)5-10-20/h4-14,24H,3,15H2,1-2H3,(H,23,25,26). The number of nitrogens with zero attached hydrogens (tertiary/aromatic N) is 1. The number of amides is 1. The Labute approximate surface area is 164 Å². The van der Waals surface area contributed by atoms with E-state index >= 15 is 0 Å². The van der Waals surface area contributed by atoms with Crippen molar-refractivity contribution in [2.45, 2.75) is 13.8 Å². The van der Waals surface area contributed by atoms with Crippen molar-refractivity contribution in [2.75, 3.05) is 23.8 Å². The largest absolute Gasteiger partial charge is 0.494 e. The Morgan fingerprint density at radius 1 is 0.893 bits per heavy atom. The maximum Gasteiger partial charge on any atom is 0.263 e. The predicted octanol–water partition coefficient (Wildman–Crippen LogP) is 4.55. The van der Waals surface area contributed by atoms with Crippen LogP contribution in [0.4, 0.5) is 17.2 Å². The van der Waals surface area contributed by atoms with Gasteiger partial charge in [-0.25, -0.2) is 4.98 Å². The summed E-state index contributed by atoms with van der Waals surface area (Å²) in [5, 5.41) is 5.97. The summed E-state index contributed by atoms with van der Waals surface area (Å²) in [6.07, 6.45) is 1.66. The molecule has 2 aromatic carbocycles. The van der Waals surface area contributed by atoms with E-state index in [-0.39, 0.29) is 12.5 Å². The number of nitrogens with one attached hydrogen (secondary N) is 2. The molecule has 0 aliphatic rings. The third kappa shape index (κ3) is 5.74. The molecule has 1 amide bonds. The van der Waals surface area contributed by atoms with Crippen molar-refractivity contribution in [1.29, 1.82) is 0 Å². The van der Waals surface area contributed by atoms with Gasteiger partial charge in [-0.3, -0.25) is 4.79 Å². The highest BCUT2D eigenvalue weighted by atomic mass is 16.5. The predicted molar refractivity (Wildman–Crippen MR) is 110 cm³/mol. The summed E-state index contributed by atoms with van der Waals surface area (Å²) in [7, 11) is 0. The van der Waals surface area contributed by atoms with Crippen LogP contribution in [0.1, 0.15) is 12.5 Å². The fraction of sp³-hybridized carbons (Fsp3) is 0.182. The molecule has 0 saturated heterocycles. The number of rotatable bonds is 8. The quantitative estimate of drug-likeness (QED) is 0.602. The lowest BCUT2D eigenvalue weighted by Gasteiger charge is -2.10. The highest BCUT2D eigenvalue weighted by Crippen LogP contribution is 2.20. The second kappa shape index (κ2) is 9.41. The monoisotopic (exact) mass is 377 g/mol. The van der Waals surface area contributed by atoms with Crippen molar-refractivity contribution in [3.8, 4) is 11.5 Å². The van der Waals surface area contributed by atoms with Crippen LogP contribution in [0, 0.1) is 6.92 Å². The zero-order valence-electron chi connectivity index (χ0n) is 15.9. The highest BCUT2D eigenvalue weighted by Gasteiger charge is 2.05. The fourth-order valence-electron chi connectivity index (χ4n) is 2.47. The summed E-state index contributed by atoms with van der Waals surface area (Å²) in [5.41, 5.74) is 2.88. The van der Waals surface area contributed by atoms with E-state index in [4.69, 9.17) is 9.47 Å². The first-order chi connectivity index (χ1) is 13.6. The first kappa shape index (κ1) is 19.2. The number of carbonyl (C=O) groups excluding carboxylic acids is 1. The van der Waals surface area contributed by atoms with Crippen molar-refractivity contribution in [2.24, 2.45) is 0 Å². The number of aryl methyl sites for hydroxylation is 1. The zero-order valence-corrected chi connectivity index (χ0v) is 15.9. The number of anilines is 3. The molecule has 3 aromatic rings. The molecule has 1 aromatic heterocycles. The van der Waals surface area contributed by atoms with Gasteiger partial charge in [-0.15, -0.1) is 0 Å². The fourth-order valence-corrected chi connectivity index (χ4v) is 2.47. The molecule has 28 heavy (non-hydrogen) atoms. The minimum Gasteiger partial charge on any atom is -0.494 e. The number of pyridine rings is 1. The Balaban J connectivity index is 1.49. The van der Waals surface area contributed by atoms with Crippen molar-refractivity contribution in [1.82, 2.24) is 4.98 Å². The molecule has 3 rings (SSSR count). The van der Waals surface area contributed by atoms with Gasteiger partial charge < -0.3 is 20.1 Å². The molecule has 0 radical (unpaired) electrons. The smallest absolute Gasteiger partial charge is 0.263 e. The van der Waals surface area contributed by atoms with Gasteiger partial charge in [-0.1, -0.05) is 17.7 Å². The van der Waals surface area contributed by atoms with Crippen molar-refractivity contribution < 1.29 is 14.3 Å². The average Bonchev–Trinajstić information content (AvgIpc) is 2.71. The molecule has 2 N–H and O–H groups in total. The number of benzene rings is 2. The van der Waals surface area contributed by atoms with E-state index in [9.17, 15) is 4.79 Å². The van der Waals surface area contributed by atoms with Gasteiger partial charge in [0.1, 0.15) is 17.3 Å². The Kier molecular flexibility index (Phi) is 6.46. The van der Waals surface area contributed by atoms with Crippen LogP contribution in [0.25, 0.3) is 0 Å². The van der Waals surface area contributed by atoms with Gasteiger partial charge in [0, 0.05) is 5.69 Å². The summed E-state index contributed by atoms with van der Waals surface area (Å²) in [6.45, 7) is 4.51. The lowest BCUT2D eigenvalue weighted by atomic mass is 10.2. The first-order valence-corrected chi connectivity index (χ1v) is 9.07. The number of aromatic nitrogens is 1. The Hall–Kier alpha value is -3.54. The lowest BCUT2D eigenvalue weighted by Crippen LogP contribution is -2.20. The van der Waals surface area contributed by atoms with E-state index in [1.807, 2.05) is 68.4 Å². The SMILES string of the molecule is CCOc1ccc(Nc2ccc(NC(=O)COc3ccc(C)cc3)nc2)cc1. The third-order valence-electron chi connectivity index (χ3n) is 3.88. The van der Waals surface area contributed by atoms with Gasteiger partial charge >= 0.3 is 0 Å². The van der Waals surface area contributed by atoms with Gasteiger partial charge in [-0.2, -0.15) is 0 Å². The maximum absolute atomic E-state index is 12.0. The van der Waals surface area contributed by atoms with E-state index in [0.717, 1.165) is 22.7 Å². The van der Waals surface area contributed by atoms with E-state index in [1.165, 1.54) is 0 Å². The number of hydrogen-bond donors (Lipinski definition) is 2. The molecular weight excluding hydrogens is 354 g/mol. The first-order valence-electron chi connectivity index (χ1n) is 9.07. The van der Waals surface area contributed by atoms with E-state index in [0.29, 0.717) is 18.2 Å². The molecule has 0 unspecified atom stereocenters. The van der Waals surface area contributed by atoms with Crippen LogP contribution in [0.5, 0.6) is 11.5 Å². The molecule has 0 bridgehead atoms. The molecule has 144 valence electrons. The molecule has 0 spiro atoms. The minimum atomic E-state index is -0.264. The summed E-state index contributed by atoms with van der Waals surface area (Å²) in [6, 6.07) is 18.8. The van der Waals surface area contributed by atoms with Crippen molar-refractivity contribution >= 4 is 23.1 Å². The molecule has 0 saturated carbocycles. The third-order valence-corrected chi connectivity index (χ3v) is 3.88. The molecule has 6 heteroatoms. The van der Waals surface area contributed by atoms with Crippen LogP contribution < -0.4 is 20.1 Å². The second-order valence-electron chi connectivity index (χ2n) is 6.16. The van der Waals surface area contributed by atoms with Crippen molar-refractivity contribution in [3.05, 3.63) is 72.4 Å². The molecular formula is C22H23N3O3. The topological polar surface area (TPSA) is 72.5 Å². The number of hydrogen-bond acceptors (Lipinski definition) is 5. The van der Waals surface area contributed by atoms with Gasteiger partial charge in [0.2, 0.25) is 0 Å².